The Morgan fingerprint density at radius 1 is 1.18 bits per heavy atom. The molecule has 6 nitrogen and oxygen atoms in total. The maximum atomic E-state index is 14.5. The molecule has 4 aromatic rings. The lowest BCUT2D eigenvalue weighted by Gasteiger charge is -2.15. The Kier molecular flexibility index (Phi) is 3.85. The first kappa shape index (κ1) is 16.9. The van der Waals surface area contributed by atoms with Gasteiger partial charge in [-0.25, -0.2) is 18.7 Å². The highest BCUT2D eigenvalue weighted by atomic mass is 19.1. The molecule has 0 aliphatic heterocycles. The second kappa shape index (κ2) is 6.40. The molecule has 3 heterocycles. The largest absolute Gasteiger partial charge is 0.321 e. The molecule has 1 aromatic carbocycles. The van der Waals surface area contributed by atoms with Gasteiger partial charge in [-0.15, -0.1) is 0 Å². The monoisotopic (exact) mass is 380 g/mol. The molecule has 28 heavy (non-hydrogen) atoms. The summed E-state index contributed by atoms with van der Waals surface area (Å²) in [5, 5.41) is 10.1. The summed E-state index contributed by atoms with van der Waals surface area (Å²) in [5.74, 6) is 0.367. The smallest absolute Gasteiger partial charge is 0.170 e. The summed E-state index contributed by atoms with van der Waals surface area (Å²) in [7, 11) is 0. The zero-order valence-corrected chi connectivity index (χ0v) is 15.2. The third kappa shape index (κ3) is 3.00. The summed E-state index contributed by atoms with van der Waals surface area (Å²) in [4.78, 5) is 8.71. The third-order valence-electron chi connectivity index (χ3n) is 5.13. The molecule has 1 atom stereocenters. The number of nitrogens with one attached hydrogen (secondary N) is 2. The van der Waals surface area contributed by atoms with Crippen molar-refractivity contribution in [2.24, 2.45) is 0 Å². The van der Waals surface area contributed by atoms with Crippen LogP contribution in [0.4, 0.5) is 20.4 Å². The second-order valence-corrected chi connectivity index (χ2v) is 7.15. The van der Waals surface area contributed by atoms with Gasteiger partial charge in [0.1, 0.15) is 11.3 Å². The molecule has 3 aromatic heterocycles. The normalized spacial score (nSPS) is 15.1. The lowest BCUT2D eigenvalue weighted by atomic mass is 10.1. The van der Waals surface area contributed by atoms with E-state index in [0.717, 1.165) is 24.1 Å². The molecule has 0 bridgehead atoms. The Hall–Kier alpha value is -3.29. The van der Waals surface area contributed by atoms with E-state index in [2.05, 4.69) is 25.5 Å². The van der Waals surface area contributed by atoms with Crippen LogP contribution in [0.5, 0.6) is 0 Å². The Morgan fingerprint density at radius 3 is 2.71 bits per heavy atom. The lowest BCUT2D eigenvalue weighted by molar-refractivity contribution is 0.617. The Labute approximate surface area is 159 Å². The number of rotatable bonds is 5. The predicted octanol–water partition coefficient (Wildman–Crippen LogP) is 4.66. The number of halogens is 2. The number of imidazole rings is 1. The fraction of sp³-hybridized carbons (Fsp3) is 0.250. The van der Waals surface area contributed by atoms with E-state index in [-0.39, 0.29) is 17.7 Å². The van der Waals surface area contributed by atoms with E-state index in [1.165, 1.54) is 18.2 Å². The molecule has 142 valence electrons. The molecule has 1 saturated carbocycles. The van der Waals surface area contributed by atoms with Crippen LogP contribution in [0.1, 0.15) is 43.0 Å². The number of hydrogen-bond donors (Lipinski definition) is 2. The molecule has 0 radical (unpaired) electrons. The highest BCUT2D eigenvalue weighted by Crippen LogP contribution is 2.39. The molecular weight excluding hydrogens is 362 g/mol. The molecule has 2 N–H and O–H groups in total. The van der Waals surface area contributed by atoms with Crippen molar-refractivity contribution in [1.82, 2.24) is 24.7 Å². The Bertz CT molecular complexity index is 1140. The average molecular weight is 380 g/mol. The van der Waals surface area contributed by atoms with E-state index < -0.39 is 5.82 Å². The Morgan fingerprint density at radius 2 is 1.96 bits per heavy atom. The van der Waals surface area contributed by atoms with Crippen LogP contribution in [-0.4, -0.2) is 24.7 Å². The summed E-state index contributed by atoms with van der Waals surface area (Å²) >= 11 is 0. The van der Waals surface area contributed by atoms with Gasteiger partial charge in [-0.1, -0.05) is 12.1 Å². The van der Waals surface area contributed by atoms with Gasteiger partial charge in [0.05, 0.1) is 12.4 Å². The van der Waals surface area contributed by atoms with Gasteiger partial charge in [-0.05, 0) is 37.5 Å². The van der Waals surface area contributed by atoms with Crippen LogP contribution in [0.25, 0.3) is 11.2 Å². The molecular formula is C20H18F2N6. The van der Waals surface area contributed by atoms with Gasteiger partial charge in [0, 0.05) is 23.7 Å². The molecule has 0 spiro atoms. The van der Waals surface area contributed by atoms with E-state index in [9.17, 15) is 8.78 Å². The van der Waals surface area contributed by atoms with Gasteiger partial charge in [-0.2, -0.15) is 5.10 Å². The van der Waals surface area contributed by atoms with Crippen LogP contribution >= 0.6 is 0 Å². The maximum absolute atomic E-state index is 14.5. The highest BCUT2D eigenvalue weighted by molar-refractivity contribution is 5.74. The number of pyridine rings is 1. The topological polar surface area (TPSA) is 71.4 Å². The summed E-state index contributed by atoms with van der Waals surface area (Å²) in [6.07, 6.45) is 3.93. The standard InChI is InChI=1S/C20H18F2N6/c1-11(12-4-6-14(21)7-5-12)28-10-23-17-8-15(22)19(25-20(17)28)24-18-9-16(26-27-18)13-2-3-13/h4-11,13H,2-3H2,1H3,(H2,24,25,26,27)/t11-/m0/s1. The number of aromatic amines is 1. The van der Waals surface area contributed by atoms with Crippen LogP contribution in [0.3, 0.4) is 0 Å². The summed E-state index contributed by atoms with van der Waals surface area (Å²) in [6.45, 7) is 1.96. The van der Waals surface area contributed by atoms with E-state index >= 15 is 0 Å². The molecule has 5 rings (SSSR count). The van der Waals surface area contributed by atoms with Crippen molar-refractivity contribution < 1.29 is 8.78 Å². The number of anilines is 2. The van der Waals surface area contributed by atoms with Crippen LogP contribution < -0.4 is 5.32 Å². The molecule has 1 aliphatic carbocycles. The number of benzene rings is 1. The van der Waals surface area contributed by atoms with Crippen LogP contribution in [-0.2, 0) is 0 Å². The van der Waals surface area contributed by atoms with Gasteiger partial charge in [-0.3, -0.25) is 5.10 Å². The number of fused-ring (bicyclic) bond motifs is 1. The molecule has 0 unspecified atom stereocenters. The van der Waals surface area contributed by atoms with Crippen molar-refractivity contribution in [3.63, 3.8) is 0 Å². The predicted molar refractivity (Wildman–Crippen MR) is 102 cm³/mol. The maximum Gasteiger partial charge on any atom is 0.170 e. The molecule has 8 heteroatoms. The fourth-order valence-electron chi connectivity index (χ4n) is 3.33. The molecule has 1 aliphatic rings. The van der Waals surface area contributed by atoms with Crippen molar-refractivity contribution >= 4 is 22.8 Å². The average Bonchev–Trinajstić information content (AvgIpc) is 3.30. The van der Waals surface area contributed by atoms with Gasteiger partial charge in [0.2, 0.25) is 0 Å². The van der Waals surface area contributed by atoms with Gasteiger partial charge < -0.3 is 9.88 Å². The lowest BCUT2D eigenvalue weighted by Crippen LogP contribution is -2.07. The van der Waals surface area contributed by atoms with E-state index in [4.69, 9.17) is 0 Å². The van der Waals surface area contributed by atoms with Crippen molar-refractivity contribution in [3.8, 4) is 0 Å². The Balaban J connectivity index is 1.49. The number of H-pyrrole nitrogens is 1. The van der Waals surface area contributed by atoms with E-state index in [1.54, 1.807) is 18.5 Å². The summed E-state index contributed by atoms with van der Waals surface area (Å²) in [5.41, 5.74) is 2.96. The van der Waals surface area contributed by atoms with E-state index in [1.807, 2.05) is 17.6 Å². The first-order valence-electron chi connectivity index (χ1n) is 9.19. The minimum Gasteiger partial charge on any atom is -0.321 e. The molecule has 0 amide bonds. The first-order chi connectivity index (χ1) is 13.6. The SMILES string of the molecule is C[C@@H](c1ccc(F)cc1)n1cnc2cc(F)c(Nc3cc(C4CC4)[nH]n3)nc21. The molecule has 0 saturated heterocycles. The number of nitrogens with zero attached hydrogens (tertiary/aromatic N) is 4. The van der Waals surface area contributed by atoms with Crippen LogP contribution in [0.15, 0.2) is 42.7 Å². The number of hydrogen-bond acceptors (Lipinski definition) is 4. The van der Waals surface area contributed by atoms with Crippen molar-refractivity contribution in [2.75, 3.05) is 5.32 Å². The fourth-order valence-corrected chi connectivity index (χ4v) is 3.33. The molecule has 1 fully saturated rings. The number of aromatic nitrogens is 5. The van der Waals surface area contributed by atoms with Gasteiger partial charge in [0.25, 0.3) is 0 Å². The van der Waals surface area contributed by atoms with Crippen molar-refractivity contribution in [3.05, 3.63) is 65.6 Å². The quantitative estimate of drug-likeness (QED) is 0.528. The van der Waals surface area contributed by atoms with Crippen LogP contribution in [0.2, 0.25) is 0 Å². The highest BCUT2D eigenvalue weighted by Gasteiger charge is 2.25. The second-order valence-electron chi connectivity index (χ2n) is 7.15. The minimum absolute atomic E-state index is 0.0920. The van der Waals surface area contributed by atoms with Crippen LogP contribution in [0, 0.1) is 11.6 Å². The zero-order chi connectivity index (χ0) is 19.3. The summed E-state index contributed by atoms with van der Waals surface area (Å²) in [6, 6.07) is 9.38. The zero-order valence-electron chi connectivity index (χ0n) is 15.2. The van der Waals surface area contributed by atoms with E-state index in [0.29, 0.717) is 22.9 Å². The van der Waals surface area contributed by atoms with Gasteiger partial charge >= 0.3 is 0 Å². The minimum atomic E-state index is -0.497. The van der Waals surface area contributed by atoms with Crippen molar-refractivity contribution in [1.29, 1.82) is 0 Å². The van der Waals surface area contributed by atoms with Gasteiger partial charge in [0.15, 0.2) is 23.1 Å². The summed E-state index contributed by atoms with van der Waals surface area (Å²) < 4.78 is 29.6. The van der Waals surface area contributed by atoms with Crippen molar-refractivity contribution in [2.45, 2.75) is 31.7 Å². The first-order valence-corrected chi connectivity index (χ1v) is 9.19. The third-order valence-corrected chi connectivity index (χ3v) is 5.13.